The highest BCUT2D eigenvalue weighted by atomic mass is 16.5. The van der Waals surface area contributed by atoms with Gasteiger partial charge >= 0.3 is 6.09 Å². The number of nitrogens with zero attached hydrogens (tertiary/aromatic N) is 1. The van der Waals surface area contributed by atoms with Gasteiger partial charge in [0.05, 0.1) is 13.2 Å². The minimum absolute atomic E-state index is 0.202. The van der Waals surface area contributed by atoms with Crippen LogP contribution in [0, 0.1) is 5.92 Å². The SMILES string of the molecule is CCOC(=O)NC(=O)CN1CCC(C)CC1CN. The molecular formula is C12H23N3O3. The number of piperidine rings is 1. The Morgan fingerprint density at radius 3 is 2.83 bits per heavy atom. The predicted molar refractivity (Wildman–Crippen MR) is 68.0 cm³/mol. The fourth-order valence-electron chi connectivity index (χ4n) is 2.26. The van der Waals surface area contributed by atoms with E-state index in [0.717, 1.165) is 19.4 Å². The van der Waals surface area contributed by atoms with Crippen molar-refractivity contribution in [1.82, 2.24) is 10.2 Å². The molecular weight excluding hydrogens is 234 g/mol. The van der Waals surface area contributed by atoms with Crippen molar-refractivity contribution >= 4 is 12.0 Å². The zero-order valence-electron chi connectivity index (χ0n) is 11.1. The molecule has 18 heavy (non-hydrogen) atoms. The summed E-state index contributed by atoms with van der Waals surface area (Å²) >= 11 is 0. The number of carbonyl (C=O) groups excluding carboxylic acids is 2. The molecule has 0 saturated carbocycles. The van der Waals surface area contributed by atoms with Crippen molar-refractivity contribution in [1.29, 1.82) is 0 Å². The van der Waals surface area contributed by atoms with E-state index in [1.807, 2.05) is 4.90 Å². The molecule has 1 fully saturated rings. The first-order valence-corrected chi connectivity index (χ1v) is 6.47. The summed E-state index contributed by atoms with van der Waals surface area (Å²) in [4.78, 5) is 24.8. The zero-order chi connectivity index (χ0) is 13.5. The minimum atomic E-state index is -0.683. The van der Waals surface area contributed by atoms with Crippen LogP contribution >= 0.6 is 0 Å². The van der Waals surface area contributed by atoms with E-state index in [1.165, 1.54) is 0 Å². The third-order valence-corrected chi connectivity index (χ3v) is 3.24. The van der Waals surface area contributed by atoms with Gasteiger partial charge in [0, 0.05) is 12.6 Å². The normalized spacial score (nSPS) is 24.6. The Morgan fingerprint density at radius 2 is 2.22 bits per heavy atom. The average Bonchev–Trinajstić information content (AvgIpc) is 2.31. The number of nitrogens with one attached hydrogen (secondary N) is 1. The van der Waals surface area contributed by atoms with Gasteiger partial charge in [0.1, 0.15) is 0 Å². The van der Waals surface area contributed by atoms with Crippen molar-refractivity contribution in [2.24, 2.45) is 11.7 Å². The summed E-state index contributed by atoms with van der Waals surface area (Å²) in [6, 6.07) is 0.224. The van der Waals surface area contributed by atoms with Crippen LogP contribution in [0.25, 0.3) is 0 Å². The first kappa shape index (κ1) is 14.9. The molecule has 0 aromatic carbocycles. The Morgan fingerprint density at radius 1 is 1.50 bits per heavy atom. The Balaban J connectivity index is 2.40. The van der Waals surface area contributed by atoms with Crippen LogP contribution in [0.3, 0.4) is 0 Å². The van der Waals surface area contributed by atoms with Gasteiger partial charge in [-0.3, -0.25) is 15.0 Å². The van der Waals surface area contributed by atoms with E-state index in [4.69, 9.17) is 5.73 Å². The first-order chi connectivity index (χ1) is 8.56. The second-order valence-electron chi connectivity index (χ2n) is 4.76. The maximum absolute atomic E-state index is 11.6. The summed E-state index contributed by atoms with van der Waals surface area (Å²) < 4.78 is 4.66. The molecule has 1 rings (SSSR count). The number of nitrogens with two attached hydrogens (primary N) is 1. The van der Waals surface area contributed by atoms with Crippen LogP contribution < -0.4 is 11.1 Å². The lowest BCUT2D eigenvalue weighted by Gasteiger charge is -2.37. The van der Waals surface area contributed by atoms with Gasteiger partial charge in [-0.05, 0) is 32.2 Å². The van der Waals surface area contributed by atoms with Crippen LogP contribution in [0.1, 0.15) is 26.7 Å². The van der Waals surface area contributed by atoms with E-state index in [-0.39, 0.29) is 25.1 Å². The van der Waals surface area contributed by atoms with Crippen LogP contribution in [0.4, 0.5) is 4.79 Å². The molecule has 6 nitrogen and oxygen atoms in total. The molecule has 0 bridgehead atoms. The lowest BCUT2D eigenvalue weighted by molar-refractivity contribution is -0.122. The fraction of sp³-hybridized carbons (Fsp3) is 0.833. The quantitative estimate of drug-likeness (QED) is 0.757. The fourth-order valence-corrected chi connectivity index (χ4v) is 2.26. The Bertz CT molecular complexity index is 296. The summed E-state index contributed by atoms with van der Waals surface area (Å²) in [5, 5.41) is 2.20. The number of hydrogen-bond donors (Lipinski definition) is 2. The van der Waals surface area contributed by atoms with E-state index >= 15 is 0 Å². The van der Waals surface area contributed by atoms with E-state index in [2.05, 4.69) is 17.0 Å². The topological polar surface area (TPSA) is 84.7 Å². The number of hydrogen-bond acceptors (Lipinski definition) is 5. The molecule has 0 spiro atoms. The van der Waals surface area contributed by atoms with Crippen molar-refractivity contribution in [3.8, 4) is 0 Å². The number of ether oxygens (including phenoxy) is 1. The second-order valence-corrected chi connectivity index (χ2v) is 4.76. The van der Waals surface area contributed by atoms with E-state index in [0.29, 0.717) is 12.5 Å². The third-order valence-electron chi connectivity index (χ3n) is 3.24. The van der Waals surface area contributed by atoms with Crippen molar-refractivity contribution in [3.05, 3.63) is 0 Å². The summed E-state index contributed by atoms with van der Waals surface area (Å²) in [7, 11) is 0. The monoisotopic (exact) mass is 257 g/mol. The van der Waals surface area contributed by atoms with Crippen LogP contribution in [-0.4, -0.2) is 49.2 Å². The van der Waals surface area contributed by atoms with Gasteiger partial charge in [-0.2, -0.15) is 0 Å². The van der Waals surface area contributed by atoms with E-state index in [1.54, 1.807) is 6.92 Å². The van der Waals surface area contributed by atoms with E-state index in [9.17, 15) is 9.59 Å². The Labute approximate surface area is 108 Å². The lowest BCUT2D eigenvalue weighted by atomic mass is 9.92. The predicted octanol–water partition coefficient (Wildman–Crippen LogP) is 0.318. The number of likely N-dealkylation sites (tertiary alicyclic amines) is 1. The summed E-state index contributed by atoms with van der Waals surface area (Å²) in [6.45, 7) is 5.73. The highest BCUT2D eigenvalue weighted by molar-refractivity contribution is 5.92. The van der Waals surface area contributed by atoms with Gasteiger partial charge in [-0.25, -0.2) is 4.79 Å². The minimum Gasteiger partial charge on any atom is -0.450 e. The standard InChI is InChI=1S/C12H23N3O3/c1-3-18-12(17)14-11(16)8-15-5-4-9(2)6-10(15)7-13/h9-10H,3-8,13H2,1-2H3,(H,14,16,17). The summed E-state index contributed by atoms with van der Waals surface area (Å²) in [6.07, 6.45) is 1.38. The Kier molecular flexibility index (Phi) is 6.07. The van der Waals surface area contributed by atoms with Gasteiger partial charge in [-0.15, -0.1) is 0 Å². The second kappa shape index (κ2) is 7.33. The number of carbonyl (C=O) groups is 2. The molecule has 1 aliphatic heterocycles. The lowest BCUT2D eigenvalue weighted by Crippen LogP contribution is -2.50. The van der Waals surface area contributed by atoms with Gasteiger partial charge in [0.15, 0.2) is 0 Å². The number of rotatable bonds is 4. The van der Waals surface area contributed by atoms with Gasteiger partial charge in [-0.1, -0.05) is 6.92 Å². The number of amides is 2. The molecule has 1 aliphatic rings. The highest BCUT2D eigenvalue weighted by Gasteiger charge is 2.27. The van der Waals surface area contributed by atoms with Crippen LogP contribution in [-0.2, 0) is 9.53 Å². The van der Waals surface area contributed by atoms with Crippen LogP contribution in [0.5, 0.6) is 0 Å². The molecule has 2 unspecified atom stereocenters. The summed E-state index contributed by atoms with van der Waals surface area (Å²) in [5.41, 5.74) is 5.72. The molecule has 6 heteroatoms. The number of alkyl carbamates (subject to hydrolysis) is 1. The maximum Gasteiger partial charge on any atom is 0.413 e. The zero-order valence-corrected chi connectivity index (χ0v) is 11.1. The molecule has 1 saturated heterocycles. The molecule has 3 N–H and O–H groups in total. The van der Waals surface area contributed by atoms with Gasteiger partial charge in [0.25, 0.3) is 0 Å². The Hall–Kier alpha value is -1.14. The number of imide groups is 1. The largest absolute Gasteiger partial charge is 0.450 e. The molecule has 0 aromatic rings. The van der Waals surface area contributed by atoms with Gasteiger partial charge < -0.3 is 10.5 Å². The van der Waals surface area contributed by atoms with Crippen LogP contribution in [0.2, 0.25) is 0 Å². The van der Waals surface area contributed by atoms with E-state index < -0.39 is 6.09 Å². The molecule has 0 radical (unpaired) electrons. The van der Waals surface area contributed by atoms with Crippen LogP contribution in [0.15, 0.2) is 0 Å². The third kappa shape index (κ3) is 4.62. The van der Waals surface area contributed by atoms with Crippen molar-refractivity contribution < 1.29 is 14.3 Å². The molecule has 1 heterocycles. The molecule has 0 aliphatic carbocycles. The molecule has 104 valence electrons. The van der Waals surface area contributed by atoms with Crippen molar-refractivity contribution in [3.63, 3.8) is 0 Å². The molecule has 2 atom stereocenters. The van der Waals surface area contributed by atoms with Gasteiger partial charge in [0.2, 0.25) is 5.91 Å². The molecule has 2 amide bonds. The van der Waals surface area contributed by atoms with Crippen molar-refractivity contribution in [2.75, 3.05) is 26.2 Å². The summed E-state index contributed by atoms with van der Waals surface area (Å²) in [5.74, 6) is 0.310. The highest BCUT2D eigenvalue weighted by Crippen LogP contribution is 2.21. The smallest absolute Gasteiger partial charge is 0.413 e. The maximum atomic E-state index is 11.6. The average molecular weight is 257 g/mol. The van der Waals surface area contributed by atoms with Crippen molar-refractivity contribution in [2.45, 2.75) is 32.7 Å². The molecule has 0 aromatic heterocycles. The first-order valence-electron chi connectivity index (χ1n) is 6.47.